The molecule has 3 N–H and O–H groups in total. The van der Waals surface area contributed by atoms with Gasteiger partial charge >= 0.3 is 12.1 Å². The van der Waals surface area contributed by atoms with E-state index < -0.39 is 18.1 Å². The molecule has 0 heterocycles. The van der Waals surface area contributed by atoms with Crippen LogP contribution < -0.4 is 5.32 Å². The van der Waals surface area contributed by atoms with E-state index in [1.54, 1.807) is 4.90 Å². The van der Waals surface area contributed by atoms with Gasteiger partial charge in [-0.05, 0) is 47.9 Å². The molecule has 0 bridgehead atoms. The van der Waals surface area contributed by atoms with Crippen molar-refractivity contribution in [1.82, 2.24) is 10.2 Å². The van der Waals surface area contributed by atoms with Crippen molar-refractivity contribution in [3.05, 3.63) is 59.7 Å². The predicted octanol–water partition coefficient (Wildman–Crippen LogP) is 3.13. The third-order valence-electron chi connectivity index (χ3n) is 6.72. The van der Waals surface area contributed by atoms with E-state index in [0.29, 0.717) is 0 Å². The summed E-state index contributed by atoms with van der Waals surface area (Å²) in [5.41, 5.74) is 4.38. The normalized spacial score (nSPS) is 15.6. The molecule has 2 amide bonds. The first kappa shape index (κ1) is 23.8. The van der Waals surface area contributed by atoms with E-state index in [-0.39, 0.29) is 50.5 Å². The number of hydrogen-bond acceptors (Lipinski definition) is 5. The second-order valence-electron chi connectivity index (χ2n) is 8.79. The van der Waals surface area contributed by atoms with Crippen LogP contribution >= 0.6 is 0 Å². The highest BCUT2D eigenvalue weighted by molar-refractivity contribution is 5.86. The Morgan fingerprint density at radius 1 is 1.03 bits per heavy atom. The highest BCUT2D eigenvalue weighted by Crippen LogP contribution is 2.44. The number of ether oxygens (including phenoxy) is 1. The quantitative estimate of drug-likeness (QED) is 0.495. The minimum Gasteiger partial charge on any atom is -0.481 e. The van der Waals surface area contributed by atoms with Crippen LogP contribution in [-0.4, -0.2) is 64.9 Å². The molecule has 0 aromatic heterocycles. The van der Waals surface area contributed by atoms with Crippen LogP contribution in [-0.2, 0) is 14.3 Å². The van der Waals surface area contributed by atoms with Crippen LogP contribution in [0.25, 0.3) is 11.1 Å². The van der Waals surface area contributed by atoms with Crippen molar-refractivity contribution in [3.63, 3.8) is 0 Å². The SMILES string of the molecule is O=C(O)CCC(NC(=O)OCC1c2ccccc2-c2ccccc21)C(=O)N(CCO)C1CCC1. The molecule has 0 radical (unpaired) electrons. The summed E-state index contributed by atoms with van der Waals surface area (Å²) < 4.78 is 5.55. The number of carbonyl (C=O) groups is 3. The maximum Gasteiger partial charge on any atom is 0.407 e. The van der Waals surface area contributed by atoms with Crippen LogP contribution in [0.2, 0.25) is 0 Å². The molecule has 8 heteroatoms. The number of carbonyl (C=O) groups excluding carboxylic acids is 2. The van der Waals surface area contributed by atoms with Gasteiger partial charge in [0.05, 0.1) is 6.61 Å². The smallest absolute Gasteiger partial charge is 0.407 e. The monoisotopic (exact) mass is 466 g/mol. The fourth-order valence-electron chi connectivity index (χ4n) is 4.79. The number of rotatable bonds is 10. The Balaban J connectivity index is 1.44. The van der Waals surface area contributed by atoms with Gasteiger partial charge in [-0.3, -0.25) is 9.59 Å². The van der Waals surface area contributed by atoms with E-state index in [1.807, 2.05) is 48.5 Å². The third-order valence-corrected chi connectivity index (χ3v) is 6.72. The number of hydrogen-bond donors (Lipinski definition) is 3. The molecule has 1 atom stereocenters. The lowest BCUT2D eigenvalue weighted by Crippen LogP contribution is -2.54. The van der Waals surface area contributed by atoms with Crippen molar-refractivity contribution in [1.29, 1.82) is 0 Å². The second kappa shape index (κ2) is 10.7. The van der Waals surface area contributed by atoms with E-state index in [0.717, 1.165) is 41.5 Å². The van der Waals surface area contributed by atoms with Crippen molar-refractivity contribution in [2.24, 2.45) is 0 Å². The number of fused-ring (bicyclic) bond motifs is 3. The Morgan fingerprint density at radius 2 is 1.65 bits per heavy atom. The fourth-order valence-corrected chi connectivity index (χ4v) is 4.79. The Labute approximate surface area is 198 Å². The first-order valence-corrected chi connectivity index (χ1v) is 11.7. The lowest BCUT2D eigenvalue weighted by molar-refractivity contribution is -0.139. The number of carboxylic acids is 1. The largest absolute Gasteiger partial charge is 0.481 e. The highest BCUT2D eigenvalue weighted by atomic mass is 16.5. The molecule has 2 aromatic rings. The number of alkyl carbamates (subject to hydrolysis) is 1. The number of carboxylic acid groups (broad SMARTS) is 1. The maximum atomic E-state index is 13.2. The molecular weight excluding hydrogens is 436 g/mol. The Kier molecular flexibility index (Phi) is 7.47. The average molecular weight is 467 g/mol. The summed E-state index contributed by atoms with van der Waals surface area (Å²) in [6.45, 7) is 0.0565. The highest BCUT2D eigenvalue weighted by Gasteiger charge is 2.34. The summed E-state index contributed by atoms with van der Waals surface area (Å²) in [5, 5.41) is 21.1. The first-order chi connectivity index (χ1) is 16.5. The topological polar surface area (TPSA) is 116 Å². The van der Waals surface area contributed by atoms with Gasteiger partial charge in [-0.15, -0.1) is 0 Å². The van der Waals surface area contributed by atoms with Crippen LogP contribution in [0.15, 0.2) is 48.5 Å². The summed E-state index contributed by atoms with van der Waals surface area (Å²) in [6, 6.07) is 15.0. The average Bonchev–Trinajstić information content (AvgIpc) is 3.12. The van der Waals surface area contributed by atoms with Gasteiger partial charge in [0.2, 0.25) is 5.91 Å². The van der Waals surface area contributed by atoms with Gasteiger partial charge in [0.25, 0.3) is 0 Å². The Bertz CT molecular complexity index is 1010. The van der Waals surface area contributed by atoms with Gasteiger partial charge in [0.1, 0.15) is 12.6 Å². The summed E-state index contributed by atoms with van der Waals surface area (Å²) in [5.74, 6) is -1.55. The van der Waals surface area contributed by atoms with Crippen LogP contribution in [0.3, 0.4) is 0 Å². The molecule has 0 aliphatic heterocycles. The van der Waals surface area contributed by atoms with Crippen molar-refractivity contribution >= 4 is 18.0 Å². The Morgan fingerprint density at radius 3 is 2.18 bits per heavy atom. The van der Waals surface area contributed by atoms with Gasteiger partial charge < -0.3 is 25.2 Å². The van der Waals surface area contributed by atoms with Crippen LogP contribution in [0, 0.1) is 0 Å². The summed E-state index contributed by atoms with van der Waals surface area (Å²) >= 11 is 0. The number of nitrogens with one attached hydrogen (secondary N) is 1. The van der Waals surface area contributed by atoms with Gasteiger partial charge in [0, 0.05) is 24.9 Å². The summed E-state index contributed by atoms with van der Waals surface area (Å²) in [4.78, 5) is 38.6. The van der Waals surface area contributed by atoms with Gasteiger partial charge in [-0.1, -0.05) is 48.5 Å². The number of nitrogens with zero attached hydrogens (tertiary/aromatic N) is 1. The van der Waals surface area contributed by atoms with E-state index >= 15 is 0 Å². The summed E-state index contributed by atoms with van der Waals surface area (Å²) in [7, 11) is 0. The van der Waals surface area contributed by atoms with E-state index in [1.165, 1.54) is 0 Å². The molecule has 1 fully saturated rings. The standard InChI is InChI=1S/C26H30N2O6/c29-15-14-28(17-6-5-7-17)25(32)23(12-13-24(30)31)27-26(33)34-16-22-20-10-3-1-8-18(20)19-9-2-4-11-21(19)22/h1-4,8-11,17,22-23,29H,5-7,12-16H2,(H,27,33)(H,30,31). The lowest BCUT2D eigenvalue weighted by atomic mass is 9.90. The summed E-state index contributed by atoms with van der Waals surface area (Å²) in [6.07, 6.45) is 1.60. The molecule has 0 saturated heterocycles. The van der Waals surface area contributed by atoms with Crippen LogP contribution in [0.1, 0.15) is 49.1 Å². The number of benzene rings is 2. The van der Waals surface area contributed by atoms with E-state index in [4.69, 9.17) is 9.84 Å². The van der Waals surface area contributed by atoms with Crippen molar-refractivity contribution in [2.45, 2.75) is 50.1 Å². The van der Waals surface area contributed by atoms with Gasteiger partial charge in [-0.25, -0.2) is 4.79 Å². The molecular formula is C26H30N2O6. The molecule has 2 aliphatic carbocycles. The van der Waals surface area contributed by atoms with Gasteiger partial charge in [-0.2, -0.15) is 0 Å². The van der Waals surface area contributed by atoms with E-state index in [2.05, 4.69) is 5.32 Å². The van der Waals surface area contributed by atoms with E-state index in [9.17, 15) is 19.5 Å². The predicted molar refractivity (Wildman–Crippen MR) is 125 cm³/mol. The molecule has 1 unspecified atom stereocenters. The zero-order chi connectivity index (χ0) is 24.1. The van der Waals surface area contributed by atoms with Crippen molar-refractivity contribution in [2.75, 3.05) is 19.8 Å². The van der Waals surface area contributed by atoms with Crippen molar-refractivity contribution in [3.8, 4) is 11.1 Å². The first-order valence-electron chi connectivity index (χ1n) is 11.7. The zero-order valence-electron chi connectivity index (χ0n) is 19.0. The maximum absolute atomic E-state index is 13.2. The molecule has 180 valence electrons. The zero-order valence-corrected chi connectivity index (χ0v) is 19.0. The Hall–Kier alpha value is -3.39. The molecule has 2 aliphatic rings. The second-order valence-corrected chi connectivity index (χ2v) is 8.79. The molecule has 4 rings (SSSR count). The molecule has 2 aromatic carbocycles. The van der Waals surface area contributed by atoms with Gasteiger partial charge in [0.15, 0.2) is 0 Å². The van der Waals surface area contributed by atoms with Crippen LogP contribution in [0.4, 0.5) is 4.79 Å². The molecule has 8 nitrogen and oxygen atoms in total. The molecule has 1 saturated carbocycles. The number of aliphatic carboxylic acids is 1. The minimum absolute atomic E-state index is 0.0105. The number of aliphatic hydroxyl groups is 1. The number of aliphatic hydroxyl groups excluding tert-OH is 1. The van der Waals surface area contributed by atoms with Crippen molar-refractivity contribution < 1.29 is 29.3 Å². The minimum atomic E-state index is -1.05. The number of amides is 2. The molecule has 34 heavy (non-hydrogen) atoms. The molecule has 0 spiro atoms. The fraction of sp³-hybridized carbons (Fsp3) is 0.423. The third kappa shape index (κ3) is 5.07. The lowest BCUT2D eigenvalue weighted by Gasteiger charge is -2.39. The van der Waals surface area contributed by atoms with Crippen LogP contribution in [0.5, 0.6) is 0 Å².